The fourth-order valence-corrected chi connectivity index (χ4v) is 4.01. The van der Waals surface area contributed by atoms with Gasteiger partial charge in [-0.3, -0.25) is 19.7 Å². The van der Waals surface area contributed by atoms with Crippen molar-refractivity contribution in [2.24, 2.45) is 0 Å². The van der Waals surface area contributed by atoms with Crippen molar-refractivity contribution in [1.82, 2.24) is 9.80 Å². The summed E-state index contributed by atoms with van der Waals surface area (Å²) in [5, 5.41) is 11.1. The SMILES string of the molecule is CS(=O)(=O)c1cc(C(=O)N2CCN(C(=O)c3cccc(C(F)(F)F)c3)CC2)cc([N+](=O)[O-])c1. The van der Waals surface area contributed by atoms with Crippen LogP contribution in [0.15, 0.2) is 47.4 Å². The lowest BCUT2D eigenvalue weighted by atomic mass is 10.1. The van der Waals surface area contributed by atoms with Crippen LogP contribution in [0, 0.1) is 10.1 Å². The van der Waals surface area contributed by atoms with Crippen LogP contribution < -0.4 is 0 Å². The topological polar surface area (TPSA) is 118 Å². The first-order valence-corrected chi connectivity index (χ1v) is 11.4. The van der Waals surface area contributed by atoms with Crippen LogP contribution in [0.3, 0.4) is 0 Å². The smallest absolute Gasteiger partial charge is 0.335 e. The molecule has 33 heavy (non-hydrogen) atoms. The highest BCUT2D eigenvalue weighted by molar-refractivity contribution is 7.90. The van der Waals surface area contributed by atoms with Crippen LogP contribution in [0.5, 0.6) is 0 Å². The van der Waals surface area contributed by atoms with E-state index in [0.717, 1.165) is 42.7 Å². The monoisotopic (exact) mass is 485 g/mol. The van der Waals surface area contributed by atoms with Crippen LogP contribution in [0.4, 0.5) is 18.9 Å². The summed E-state index contributed by atoms with van der Waals surface area (Å²) in [5.41, 5.74) is -1.84. The first-order valence-electron chi connectivity index (χ1n) is 9.53. The van der Waals surface area contributed by atoms with Crippen LogP contribution in [0.2, 0.25) is 0 Å². The Hall–Kier alpha value is -3.48. The second-order valence-electron chi connectivity index (χ2n) is 7.41. The number of rotatable bonds is 4. The molecular formula is C20H18F3N3O6S. The number of hydrogen-bond donors (Lipinski definition) is 0. The van der Waals surface area contributed by atoms with Gasteiger partial charge in [-0.15, -0.1) is 0 Å². The molecule has 0 bridgehead atoms. The first-order chi connectivity index (χ1) is 15.3. The molecular weight excluding hydrogens is 467 g/mol. The largest absolute Gasteiger partial charge is 0.416 e. The van der Waals surface area contributed by atoms with Gasteiger partial charge in [0.05, 0.1) is 15.4 Å². The number of non-ortho nitro benzene ring substituents is 1. The Bertz CT molecular complexity index is 1220. The molecule has 1 heterocycles. The third-order valence-electron chi connectivity index (χ3n) is 5.07. The van der Waals surface area contributed by atoms with E-state index in [2.05, 4.69) is 0 Å². The summed E-state index contributed by atoms with van der Waals surface area (Å²) in [4.78, 5) is 38.0. The molecule has 0 aromatic heterocycles. The van der Waals surface area contributed by atoms with E-state index in [-0.39, 0.29) is 42.2 Å². The van der Waals surface area contributed by atoms with Crippen LogP contribution in [0.1, 0.15) is 26.3 Å². The molecule has 1 saturated heterocycles. The van der Waals surface area contributed by atoms with Crippen molar-refractivity contribution in [2.45, 2.75) is 11.1 Å². The first kappa shape index (κ1) is 24.2. The Morgan fingerprint density at radius 2 is 1.48 bits per heavy atom. The summed E-state index contributed by atoms with van der Waals surface area (Å²) in [5.74, 6) is -1.28. The second kappa shape index (κ2) is 8.81. The average Bonchev–Trinajstić information content (AvgIpc) is 2.76. The van der Waals surface area contributed by atoms with Gasteiger partial charge in [0.25, 0.3) is 17.5 Å². The summed E-state index contributed by atoms with van der Waals surface area (Å²) in [6.45, 7) is 0.0736. The number of nitrogens with zero attached hydrogens (tertiary/aromatic N) is 3. The minimum atomic E-state index is -4.59. The molecule has 1 aliphatic heterocycles. The highest BCUT2D eigenvalue weighted by Gasteiger charge is 2.32. The van der Waals surface area contributed by atoms with Crippen LogP contribution in [-0.4, -0.2) is 67.4 Å². The van der Waals surface area contributed by atoms with Gasteiger partial charge in [0.1, 0.15) is 0 Å². The van der Waals surface area contributed by atoms with Gasteiger partial charge < -0.3 is 9.80 Å². The molecule has 0 aliphatic carbocycles. The highest BCUT2D eigenvalue weighted by atomic mass is 32.2. The normalized spacial score (nSPS) is 14.8. The minimum absolute atomic E-state index is 0.0143. The lowest BCUT2D eigenvalue weighted by molar-refractivity contribution is -0.385. The summed E-state index contributed by atoms with van der Waals surface area (Å²) < 4.78 is 62.4. The van der Waals surface area contributed by atoms with Gasteiger partial charge >= 0.3 is 6.18 Å². The maximum Gasteiger partial charge on any atom is 0.416 e. The summed E-state index contributed by atoms with van der Waals surface area (Å²) >= 11 is 0. The Morgan fingerprint density at radius 3 is 1.97 bits per heavy atom. The van der Waals surface area contributed by atoms with Crippen molar-refractivity contribution in [3.8, 4) is 0 Å². The van der Waals surface area contributed by atoms with Gasteiger partial charge in [-0.05, 0) is 24.3 Å². The number of alkyl halides is 3. The standard InChI is InChI=1S/C20H18F3N3O6S/c1-33(31,32)17-11-14(10-16(12-17)26(29)30)19(28)25-7-5-24(6-8-25)18(27)13-3-2-4-15(9-13)20(21,22)23/h2-4,9-12H,5-8H2,1H3. The second-order valence-corrected chi connectivity index (χ2v) is 9.42. The number of nitro benzene ring substituents is 1. The maximum absolute atomic E-state index is 12.9. The lowest BCUT2D eigenvalue weighted by Crippen LogP contribution is -2.50. The van der Waals surface area contributed by atoms with Crippen molar-refractivity contribution in [3.63, 3.8) is 0 Å². The van der Waals surface area contributed by atoms with E-state index in [1.165, 1.54) is 15.9 Å². The van der Waals surface area contributed by atoms with Crippen molar-refractivity contribution in [2.75, 3.05) is 32.4 Å². The zero-order valence-electron chi connectivity index (χ0n) is 17.2. The Kier molecular flexibility index (Phi) is 6.45. The van der Waals surface area contributed by atoms with Crippen molar-refractivity contribution in [1.29, 1.82) is 0 Å². The molecule has 0 N–H and O–H groups in total. The van der Waals surface area contributed by atoms with E-state index in [9.17, 15) is 41.3 Å². The number of carbonyl (C=O) groups excluding carboxylic acids is 2. The maximum atomic E-state index is 12.9. The molecule has 3 rings (SSSR count). The Morgan fingerprint density at radius 1 is 0.939 bits per heavy atom. The number of piperazine rings is 1. The van der Waals surface area contributed by atoms with Gasteiger partial charge in [0.2, 0.25) is 0 Å². The molecule has 0 atom stereocenters. The van der Waals surface area contributed by atoms with Crippen LogP contribution in [0.25, 0.3) is 0 Å². The van der Waals surface area contributed by atoms with E-state index >= 15 is 0 Å². The van der Waals surface area contributed by atoms with E-state index in [0.29, 0.717) is 0 Å². The molecule has 13 heteroatoms. The number of sulfone groups is 1. The summed E-state index contributed by atoms with van der Waals surface area (Å²) in [7, 11) is -3.82. The molecule has 1 aliphatic rings. The zero-order chi connectivity index (χ0) is 24.6. The van der Waals surface area contributed by atoms with Gasteiger partial charge in [0, 0.05) is 55.7 Å². The molecule has 0 radical (unpaired) electrons. The highest BCUT2D eigenvalue weighted by Crippen LogP contribution is 2.30. The summed E-state index contributed by atoms with van der Waals surface area (Å²) in [6, 6.07) is 6.90. The molecule has 0 unspecified atom stereocenters. The molecule has 2 amide bonds. The fourth-order valence-electron chi connectivity index (χ4n) is 3.33. The minimum Gasteiger partial charge on any atom is -0.335 e. The molecule has 1 fully saturated rings. The van der Waals surface area contributed by atoms with Crippen molar-refractivity contribution >= 4 is 27.3 Å². The lowest BCUT2D eigenvalue weighted by Gasteiger charge is -2.35. The molecule has 0 saturated carbocycles. The molecule has 9 nitrogen and oxygen atoms in total. The third kappa shape index (κ3) is 5.48. The van der Waals surface area contributed by atoms with Crippen LogP contribution >= 0.6 is 0 Å². The number of carbonyl (C=O) groups is 2. The molecule has 2 aromatic rings. The van der Waals surface area contributed by atoms with Crippen molar-refractivity contribution < 1.29 is 36.1 Å². The van der Waals surface area contributed by atoms with Gasteiger partial charge in [-0.2, -0.15) is 13.2 Å². The quantitative estimate of drug-likeness (QED) is 0.485. The number of nitro groups is 1. The number of halogens is 3. The number of amides is 2. The van der Waals surface area contributed by atoms with E-state index in [1.807, 2.05) is 0 Å². The van der Waals surface area contributed by atoms with Gasteiger partial charge in [0.15, 0.2) is 9.84 Å². The predicted molar refractivity (Wildman–Crippen MR) is 109 cm³/mol. The number of hydrogen-bond acceptors (Lipinski definition) is 6. The van der Waals surface area contributed by atoms with E-state index in [1.54, 1.807) is 0 Å². The van der Waals surface area contributed by atoms with Gasteiger partial charge in [-0.25, -0.2) is 8.42 Å². The van der Waals surface area contributed by atoms with Gasteiger partial charge in [-0.1, -0.05) is 6.07 Å². The van der Waals surface area contributed by atoms with Crippen molar-refractivity contribution in [3.05, 3.63) is 69.3 Å². The zero-order valence-corrected chi connectivity index (χ0v) is 18.0. The van der Waals surface area contributed by atoms with Crippen LogP contribution in [-0.2, 0) is 16.0 Å². The summed E-state index contributed by atoms with van der Waals surface area (Å²) in [6.07, 6.45) is -3.73. The predicted octanol–water partition coefficient (Wildman–Crippen LogP) is 2.62. The molecule has 176 valence electrons. The Balaban J connectivity index is 1.75. The average molecular weight is 485 g/mol. The third-order valence-corrected chi connectivity index (χ3v) is 6.16. The molecule has 0 spiro atoms. The Labute approximate surface area is 186 Å². The van der Waals surface area contributed by atoms with E-state index in [4.69, 9.17) is 0 Å². The molecule has 2 aromatic carbocycles. The fraction of sp³-hybridized carbons (Fsp3) is 0.300. The van der Waals surface area contributed by atoms with E-state index < -0.39 is 44.0 Å². The number of benzene rings is 2.